The van der Waals surface area contributed by atoms with E-state index in [9.17, 15) is 20.1 Å². The second-order valence-corrected chi connectivity index (χ2v) is 10.9. The maximum Gasteiger partial charge on any atom is 0.319 e. The summed E-state index contributed by atoms with van der Waals surface area (Å²) in [6, 6.07) is 13.1. The summed E-state index contributed by atoms with van der Waals surface area (Å²) in [6.07, 6.45) is 12.6. The van der Waals surface area contributed by atoms with Crippen LogP contribution < -0.4 is 16.0 Å². The molecule has 2 amide bonds. The number of aliphatic hydroxyl groups excluding tert-OH is 2. The Balaban J connectivity index is 1.14. The van der Waals surface area contributed by atoms with Crippen LogP contribution in [0.15, 0.2) is 42.5 Å². The van der Waals surface area contributed by atoms with E-state index in [1.165, 1.54) is 30.9 Å². The first kappa shape index (κ1) is 31.9. The van der Waals surface area contributed by atoms with E-state index >= 15 is 0 Å². The summed E-state index contributed by atoms with van der Waals surface area (Å²) < 4.78 is 5.81. The molecule has 2 aromatic rings. The molecule has 2 aromatic carbocycles. The predicted molar refractivity (Wildman–Crippen MR) is 160 cm³/mol. The number of anilines is 1. The Morgan fingerprint density at radius 2 is 1.73 bits per heavy atom. The molecular formula is C32H49N3O5. The van der Waals surface area contributed by atoms with E-state index in [1.54, 1.807) is 12.1 Å². The summed E-state index contributed by atoms with van der Waals surface area (Å²) in [6.45, 7) is 2.59. The van der Waals surface area contributed by atoms with Crippen molar-refractivity contribution in [3.05, 3.63) is 59.2 Å². The minimum atomic E-state index is -0.669. The Morgan fingerprint density at radius 1 is 0.950 bits per heavy atom. The van der Waals surface area contributed by atoms with Gasteiger partial charge in [0, 0.05) is 37.1 Å². The van der Waals surface area contributed by atoms with Crippen LogP contribution in [0.1, 0.15) is 93.4 Å². The van der Waals surface area contributed by atoms with Crippen LogP contribution in [0.5, 0.6) is 5.75 Å². The third kappa shape index (κ3) is 12.3. The normalized spacial score (nSPS) is 14.7. The molecule has 0 unspecified atom stereocenters. The summed E-state index contributed by atoms with van der Waals surface area (Å²) >= 11 is 0. The molecule has 0 aromatic heterocycles. The van der Waals surface area contributed by atoms with E-state index in [4.69, 9.17) is 4.74 Å². The summed E-state index contributed by atoms with van der Waals surface area (Å²) in [5.74, 6) is 0.0433. The van der Waals surface area contributed by atoms with Gasteiger partial charge in [0.05, 0.1) is 12.7 Å². The van der Waals surface area contributed by atoms with Gasteiger partial charge in [0.25, 0.3) is 0 Å². The molecule has 0 bridgehead atoms. The number of hydrogen-bond acceptors (Lipinski definition) is 6. The Bertz CT molecular complexity index is 996. The molecule has 1 aliphatic carbocycles. The van der Waals surface area contributed by atoms with Gasteiger partial charge >= 0.3 is 6.03 Å². The van der Waals surface area contributed by atoms with Crippen molar-refractivity contribution in [2.75, 3.05) is 31.6 Å². The monoisotopic (exact) mass is 555 g/mol. The molecule has 8 heteroatoms. The molecule has 1 atom stereocenters. The van der Waals surface area contributed by atoms with Crippen LogP contribution in [0, 0.1) is 0 Å². The Morgan fingerprint density at radius 3 is 2.52 bits per heavy atom. The number of unbranched alkanes of at least 4 members (excludes halogenated alkanes) is 4. The Kier molecular flexibility index (Phi) is 14.9. The van der Waals surface area contributed by atoms with Gasteiger partial charge in [-0.25, -0.2) is 4.79 Å². The number of carbonyl (C=O) groups excluding carboxylic acids is 1. The fraction of sp³-hybridized carbons (Fsp3) is 0.594. The fourth-order valence-corrected chi connectivity index (χ4v) is 5.14. The fourth-order valence-electron chi connectivity index (χ4n) is 5.14. The molecule has 222 valence electrons. The number of phenols is 1. The van der Waals surface area contributed by atoms with Crippen LogP contribution in [0.25, 0.3) is 0 Å². The molecule has 0 radical (unpaired) electrons. The van der Waals surface area contributed by atoms with Crippen molar-refractivity contribution >= 4 is 11.7 Å². The van der Waals surface area contributed by atoms with Crippen molar-refractivity contribution in [1.29, 1.82) is 0 Å². The zero-order valence-electron chi connectivity index (χ0n) is 23.9. The number of aromatic hydroxyl groups is 1. The third-order valence-corrected chi connectivity index (χ3v) is 7.52. The first-order valence-corrected chi connectivity index (χ1v) is 15.1. The summed E-state index contributed by atoms with van der Waals surface area (Å²) in [7, 11) is 0. The number of ether oxygens (including phenoxy) is 1. The minimum absolute atomic E-state index is 0.0433. The van der Waals surface area contributed by atoms with E-state index < -0.39 is 6.10 Å². The molecule has 1 saturated carbocycles. The lowest BCUT2D eigenvalue weighted by Gasteiger charge is -2.22. The maximum absolute atomic E-state index is 12.3. The van der Waals surface area contributed by atoms with Crippen LogP contribution in [-0.4, -0.2) is 53.7 Å². The molecule has 8 nitrogen and oxygen atoms in total. The molecule has 0 aliphatic heterocycles. The standard InChI is InChI=1S/C32H49N3O5/c36-24-27-22-26(16-17-30(27)37)31(38)23-33-18-7-1-2-8-19-40-20-9-6-11-25-12-10-15-29(21-25)35-32(39)34-28-13-4-3-5-14-28/h10,12,15-17,21-22,28,31,33,36-38H,1-9,11,13-14,18-20,23-24H2,(H2,34,35,39)/t31-/m1/s1. The zero-order chi connectivity index (χ0) is 28.4. The number of carbonyl (C=O) groups is 1. The molecule has 1 aliphatic rings. The maximum atomic E-state index is 12.3. The van der Waals surface area contributed by atoms with Crippen LogP contribution in [0.3, 0.4) is 0 Å². The van der Waals surface area contributed by atoms with Gasteiger partial charge in [-0.1, -0.05) is 50.3 Å². The summed E-state index contributed by atoms with van der Waals surface area (Å²) in [5.41, 5.74) is 3.19. The van der Waals surface area contributed by atoms with Crippen LogP contribution in [-0.2, 0) is 17.8 Å². The average Bonchev–Trinajstić information content (AvgIpc) is 2.96. The molecule has 1 fully saturated rings. The van der Waals surface area contributed by atoms with Crippen molar-refractivity contribution < 1.29 is 24.9 Å². The average molecular weight is 556 g/mol. The van der Waals surface area contributed by atoms with Gasteiger partial charge in [-0.15, -0.1) is 0 Å². The smallest absolute Gasteiger partial charge is 0.319 e. The number of aryl methyl sites for hydroxylation is 1. The number of urea groups is 1. The lowest BCUT2D eigenvalue weighted by molar-refractivity contribution is 0.126. The molecule has 40 heavy (non-hydrogen) atoms. The number of amides is 2. The first-order valence-electron chi connectivity index (χ1n) is 15.1. The van der Waals surface area contributed by atoms with Gasteiger partial charge in [-0.3, -0.25) is 0 Å². The lowest BCUT2D eigenvalue weighted by atomic mass is 9.96. The van der Waals surface area contributed by atoms with Crippen LogP contribution in [0.2, 0.25) is 0 Å². The summed E-state index contributed by atoms with van der Waals surface area (Å²) in [5, 5.41) is 38.5. The first-order chi connectivity index (χ1) is 19.5. The van der Waals surface area contributed by atoms with Crippen LogP contribution >= 0.6 is 0 Å². The van der Waals surface area contributed by atoms with Crippen molar-refractivity contribution in [2.45, 2.75) is 95.8 Å². The topological polar surface area (TPSA) is 123 Å². The van der Waals surface area contributed by atoms with Gasteiger partial charge in [-0.05, 0) is 86.9 Å². The second kappa shape index (κ2) is 18.7. The Hall–Kier alpha value is -2.65. The van der Waals surface area contributed by atoms with Crippen molar-refractivity contribution in [2.24, 2.45) is 0 Å². The van der Waals surface area contributed by atoms with E-state index in [-0.39, 0.29) is 18.4 Å². The molecule has 0 heterocycles. The van der Waals surface area contributed by atoms with Gasteiger partial charge in [0.15, 0.2) is 0 Å². The minimum Gasteiger partial charge on any atom is -0.508 e. The van der Waals surface area contributed by atoms with Gasteiger partial charge in [0.1, 0.15) is 5.75 Å². The lowest BCUT2D eigenvalue weighted by Crippen LogP contribution is -2.39. The molecule has 0 spiro atoms. The molecular weight excluding hydrogens is 506 g/mol. The quantitative estimate of drug-likeness (QED) is 0.134. The summed E-state index contributed by atoms with van der Waals surface area (Å²) in [4.78, 5) is 12.3. The van der Waals surface area contributed by atoms with Gasteiger partial charge in [0.2, 0.25) is 0 Å². The number of aliphatic hydroxyl groups is 2. The highest BCUT2D eigenvalue weighted by atomic mass is 16.5. The largest absolute Gasteiger partial charge is 0.508 e. The number of benzene rings is 2. The van der Waals surface area contributed by atoms with Gasteiger partial charge < -0.3 is 36.0 Å². The predicted octanol–water partition coefficient (Wildman–Crippen LogP) is 5.56. The zero-order valence-corrected chi connectivity index (χ0v) is 23.9. The SMILES string of the molecule is O=C(Nc1cccc(CCCCOCCCCCCNC[C@@H](O)c2ccc(O)c(CO)c2)c1)NC1CCCCC1. The van der Waals surface area contributed by atoms with Crippen molar-refractivity contribution in [3.8, 4) is 5.75 Å². The van der Waals surface area contributed by atoms with E-state index in [0.717, 1.165) is 83.2 Å². The Labute approximate surface area is 239 Å². The highest BCUT2D eigenvalue weighted by molar-refractivity contribution is 5.89. The second-order valence-electron chi connectivity index (χ2n) is 10.9. The van der Waals surface area contributed by atoms with Crippen molar-refractivity contribution in [3.63, 3.8) is 0 Å². The number of nitrogens with one attached hydrogen (secondary N) is 3. The number of rotatable bonds is 18. The van der Waals surface area contributed by atoms with E-state index in [2.05, 4.69) is 28.1 Å². The highest BCUT2D eigenvalue weighted by Crippen LogP contribution is 2.22. The molecule has 0 saturated heterocycles. The molecule has 3 rings (SSSR count). The van der Waals surface area contributed by atoms with Crippen LogP contribution in [0.4, 0.5) is 10.5 Å². The van der Waals surface area contributed by atoms with Crippen molar-refractivity contribution in [1.82, 2.24) is 10.6 Å². The van der Waals surface area contributed by atoms with Gasteiger partial charge in [-0.2, -0.15) is 0 Å². The number of hydrogen-bond donors (Lipinski definition) is 6. The highest BCUT2D eigenvalue weighted by Gasteiger charge is 2.15. The molecule has 6 N–H and O–H groups in total. The third-order valence-electron chi connectivity index (χ3n) is 7.52. The van der Waals surface area contributed by atoms with E-state index in [0.29, 0.717) is 23.7 Å². The van der Waals surface area contributed by atoms with E-state index in [1.807, 2.05) is 12.1 Å².